The second-order valence-corrected chi connectivity index (χ2v) is 7.46. The number of carbonyl (C=O) groups excluding carboxylic acids is 1. The maximum atomic E-state index is 12.8. The van der Waals surface area contributed by atoms with E-state index in [1.54, 1.807) is 0 Å². The summed E-state index contributed by atoms with van der Waals surface area (Å²) in [6.45, 7) is 8.57. The molecule has 0 aliphatic carbocycles. The minimum absolute atomic E-state index is 0. The van der Waals surface area contributed by atoms with Crippen LogP contribution < -0.4 is 5.32 Å². The number of amides is 1. The van der Waals surface area contributed by atoms with Crippen LogP contribution in [0.2, 0.25) is 0 Å². The quantitative estimate of drug-likeness (QED) is 0.816. The fourth-order valence-corrected chi connectivity index (χ4v) is 4.34. The summed E-state index contributed by atoms with van der Waals surface area (Å²) in [5.41, 5.74) is -0.157. The van der Waals surface area contributed by atoms with Crippen LogP contribution in [0, 0.1) is 5.41 Å². The standard InChI is InChI=1S/C17H31N3O.2ClH/c1-17(8-5-9-18-14-17)16(21)20-12-6-15(7-13-20)19-10-3-2-4-11-19;;/h15,18H,2-14H2,1H3;2*1H. The highest BCUT2D eigenvalue weighted by molar-refractivity contribution is 5.85. The van der Waals surface area contributed by atoms with E-state index in [2.05, 4.69) is 22.0 Å². The summed E-state index contributed by atoms with van der Waals surface area (Å²) in [6.07, 6.45) is 8.66. The Morgan fingerprint density at radius 3 is 2.22 bits per heavy atom. The Morgan fingerprint density at radius 1 is 1.00 bits per heavy atom. The number of hydrogen-bond acceptors (Lipinski definition) is 3. The van der Waals surface area contributed by atoms with Gasteiger partial charge in [0.05, 0.1) is 5.41 Å². The molecule has 23 heavy (non-hydrogen) atoms. The molecule has 0 radical (unpaired) electrons. The lowest BCUT2D eigenvalue weighted by molar-refractivity contribution is -0.144. The Hall–Kier alpha value is -0.0300. The van der Waals surface area contributed by atoms with Crippen molar-refractivity contribution >= 4 is 30.7 Å². The summed E-state index contributed by atoms with van der Waals surface area (Å²) in [5.74, 6) is 0.395. The summed E-state index contributed by atoms with van der Waals surface area (Å²) in [4.78, 5) is 17.7. The first kappa shape index (κ1) is 21.0. The van der Waals surface area contributed by atoms with Crippen molar-refractivity contribution in [1.29, 1.82) is 0 Å². The molecule has 0 bridgehead atoms. The highest BCUT2D eigenvalue weighted by atomic mass is 35.5. The van der Waals surface area contributed by atoms with Gasteiger partial charge in [0.15, 0.2) is 0 Å². The highest BCUT2D eigenvalue weighted by Gasteiger charge is 2.39. The Labute approximate surface area is 153 Å². The predicted octanol–water partition coefficient (Wildman–Crippen LogP) is 2.70. The molecule has 3 saturated heterocycles. The van der Waals surface area contributed by atoms with Gasteiger partial charge in [0.2, 0.25) is 5.91 Å². The molecule has 3 aliphatic heterocycles. The first-order chi connectivity index (χ1) is 10.2. The van der Waals surface area contributed by atoms with Gasteiger partial charge in [0.25, 0.3) is 0 Å². The van der Waals surface area contributed by atoms with Gasteiger partial charge in [-0.05, 0) is 65.1 Å². The number of nitrogens with one attached hydrogen (secondary N) is 1. The first-order valence-electron chi connectivity index (χ1n) is 8.93. The molecule has 3 rings (SSSR count). The number of carbonyl (C=O) groups is 1. The van der Waals surface area contributed by atoms with Crippen LogP contribution in [0.25, 0.3) is 0 Å². The van der Waals surface area contributed by atoms with Crippen molar-refractivity contribution in [3.8, 4) is 0 Å². The van der Waals surface area contributed by atoms with Crippen molar-refractivity contribution in [3.05, 3.63) is 0 Å². The van der Waals surface area contributed by atoms with Gasteiger partial charge in [-0.15, -0.1) is 24.8 Å². The summed E-state index contributed by atoms with van der Waals surface area (Å²) < 4.78 is 0. The van der Waals surface area contributed by atoms with Crippen molar-refractivity contribution in [3.63, 3.8) is 0 Å². The number of piperidine rings is 3. The van der Waals surface area contributed by atoms with Gasteiger partial charge in [-0.1, -0.05) is 6.42 Å². The monoisotopic (exact) mass is 365 g/mol. The molecule has 136 valence electrons. The third kappa shape index (κ3) is 4.97. The van der Waals surface area contributed by atoms with Crippen LogP contribution in [0.5, 0.6) is 0 Å². The van der Waals surface area contributed by atoms with Gasteiger partial charge >= 0.3 is 0 Å². The second-order valence-electron chi connectivity index (χ2n) is 7.46. The van der Waals surface area contributed by atoms with Crippen molar-refractivity contribution in [2.45, 2.75) is 57.9 Å². The fourth-order valence-electron chi connectivity index (χ4n) is 4.34. The zero-order valence-electron chi connectivity index (χ0n) is 14.4. The van der Waals surface area contributed by atoms with Gasteiger partial charge < -0.3 is 15.1 Å². The molecule has 6 heteroatoms. The molecule has 0 saturated carbocycles. The normalized spacial score (nSPS) is 30.2. The molecule has 1 N–H and O–H groups in total. The minimum atomic E-state index is -0.157. The third-order valence-corrected chi connectivity index (χ3v) is 5.77. The maximum Gasteiger partial charge on any atom is 0.229 e. The molecule has 3 heterocycles. The molecule has 3 fully saturated rings. The summed E-state index contributed by atoms with van der Waals surface area (Å²) in [7, 11) is 0. The van der Waals surface area contributed by atoms with Crippen LogP contribution in [0.15, 0.2) is 0 Å². The molecule has 0 spiro atoms. The summed E-state index contributed by atoms with van der Waals surface area (Å²) in [6, 6.07) is 0.728. The van der Waals surface area contributed by atoms with Crippen LogP contribution >= 0.6 is 24.8 Å². The third-order valence-electron chi connectivity index (χ3n) is 5.77. The van der Waals surface area contributed by atoms with E-state index in [1.807, 2.05) is 0 Å². The zero-order valence-corrected chi connectivity index (χ0v) is 16.0. The van der Waals surface area contributed by atoms with E-state index in [-0.39, 0.29) is 30.2 Å². The zero-order chi connectivity index (χ0) is 14.7. The van der Waals surface area contributed by atoms with Crippen molar-refractivity contribution < 1.29 is 4.79 Å². The van der Waals surface area contributed by atoms with E-state index in [1.165, 1.54) is 45.2 Å². The number of hydrogen-bond donors (Lipinski definition) is 1. The topological polar surface area (TPSA) is 35.6 Å². The predicted molar refractivity (Wildman–Crippen MR) is 99.7 cm³/mol. The molecule has 0 aromatic rings. The number of nitrogens with zero attached hydrogens (tertiary/aromatic N) is 2. The largest absolute Gasteiger partial charge is 0.342 e. The molecular formula is C17H33Cl2N3O. The molecule has 0 aromatic heterocycles. The van der Waals surface area contributed by atoms with Crippen LogP contribution in [-0.4, -0.2) is 61.0 Å². The smallest absolute Gasteiger partial charge is 0.229 e. The number of rotatable bonds is 2. The van der Waals surface area contributed by atoms with Crippen molar-refractivity contribution in [2.24, 2.45) is 5.41 Å². The molecule has 1 unspecified atom stereocenters. The second kappa shape index (κ2) is 9.45. The van der Waals surface area contributed by atoms with Gasteiger partial charge in [0, 0.05) is 25.7 Å². The van der Waals surface area contributed by atoms with Crippen LogP contribution in [0.1, 0.15) is 51.9 Å². The Bertz CT molecular complexity index is 361. The maximum absolute atomic E-state index is 12.8. The molecular weight excluding hydrogens is 333 g/mol. The number of halogens is 2. The van der Waals surface area contributed by atoms with Crippen molar-refractivity contribution in [2.75, 3.05) is 39.3 Å². The van der Waals surface area contributed by atoms with Gasteiger partial charge in [0.1, 0.15) is 0 Å². The highest BCUT2D eigenvalue weighted by Crippen LogP contribution is 2.30. The summed E-state index contributed by atoms with van der Waals surface area (Å²) >= 11 is 0. The van der Waals surface area contributed by atoms with E-state index in [0.717, 1.165) is 45.1 Å². The first-order valence-corrected chi connectivity index (χ1v) is 8.93. The lowest BCUT2D eigenvalue weighted by Gasteiger charge is -2.43. The van der Waals surface area contributed by atoms with Gasteiger partial charge in [-0.2, -0.15) is 0 Å². The number of likely N-dealkylation sites (tertiary alicyclic amines) is 2. The van der Waals surface area contributed by atoms with Crippen LogP contribution in [-0.2, 0) is 4.79 Å². The minimum Gasteiger partial charge on any atom is -0.342 e. The average molecular weight is 366 g/mol. The Morgan fingerprint density at radius 2 is 1.65 bits per heavy atom. The van der Waals surface area contributed by atoms with E-state index < -0.39 is 0 Å². The van der Waals surface area contributed by atoms with Crippen LogP contribution in [0.4, 0.5) is 0 Å². The van der Waals surface area contributed by atoms with Gasteiger partial charge in [-0.25, -0.2) is 0 Å². The molecule has 1 atom stereocenters. The Balaban J connectivity index is 0.00000132. The molecule has 3 aliphatic rings. The van der Waals surface area contributed by atoms with E-state index in [4.69, 9.17) is 0 Å². The Kier molecular flexibility index (Phi) is 8.64. The van der Waals surface area contributed by atoms with Gasteiger partial charge in [-0.3, -0.25) is 4.79 Å². The van der Waals surface area contributed by atoms with E-state index in [0.29, 0.717) is 5.91 Å². The lowest BCUT2D eigenvalue weighted by atomic mass is 9.81. The van der Waals surface area contributed by atoms with Crippen molar-refractivity contribution in [1.82, 2.24) is 15.1 Å². The molecule has 4 nitrogen and oxygen atoms in total. The van der Waals surface area contributed by atoms with E-state index >= 15 is 0 Å². The van der Waals surface area contributed by atoms with E-state index in [9.17, 15) is 4.79 Å². The molecule has 1 amide bonds. The fraction of sp³-hybridized carbons (Fsp3) is 0.941. The summed E-state index contributed by atoms with van der Waals surface area (Å²) in [5, 5.41) is 3.40. The molecule has 0 aromatic carbocycles. The SMILES string of the molecule is CC1(C(=O)N2CCC(N3CCCCC3)CC2)CCCNC1.Cl.Cl. The average Bonchev–Trinajstić information content (AvgIpc) is 2.56. The van der Waals surface area contributed by atoms with Crippen LogP contribution in [0.3, 0.4) is 0 Å². The lowest BCUT2D eigenvalue weighted by Crippen LogP contribution is -2.54.